The number of amides is 1. The Morgan fingerprint density at radius 3 is 2.23 bits per heavy atom. The van der Waals surface area contributed by atoms with Crippen molar-refractivity contribution in [2.75, 3.05) is 5.73 Å². The Morgan fingerprint density at radius 1 is 0.968 bits per heavy atom. The van der Waals surface area contributed by atoms with E-state index in [9.17, 15) is 9.59 Å². The van der Waals surface area contributed by atoms with Crippen LogP contribution < -0.4 is 17.0 Å². The van der Waals surface area contributed by atoms with Crippen molar-refractivity contribution in [1.82, 2.24) is 9.55 Å². The van der Waals surface area contributed by atoms with Crippen molar-refractivity contribution in [3.05, 3.63) is 79.5 Å². The third-order valence-corrected chi connectivity index (χ3v) is 5.79. The van der Waals surface area contributed by atoms with Gasteiger partial charge in [-0.25, -0.2) is 4.98 Å². The minimum Gasteiger partial charge on any atom is -0.397 e. The third-order valence-electron chi connectivity index (χ3n) is 4.99. The molecule has 2 heterocycles. The molecule has 0 aliphatic carbocycles. The van der Waals surface area contributed by atoms with Crippen molar-refractivity contribution >= 4 is 57.4 Å². The van der Waals surface area contributed by atoms with Crippen LogP contribution in [0.15, 0.2) is 53.3 Å². The van der Waals surface area contributed by atoms with Crippen molar-refractivity contribution in [2.45, 2.75) is 0 Å². The molecule has 156 valence electrons. The summed E-state index contributed by atoms with van der Waals surface area (Å²) in [6.07, 6.45) is 0. The van der Waals surface area contributed by atoms with Gasteiger partial charge in [-0.3, -0.25) is 14.2 Å². The van der Waals surface area contributed by atoms with Crippen molar-refractivity contribution in [1.29, 1.82) is 0 Å². The summed E-state index contributed by atoms with van der Waals surface area (Å²) in [5.41, 5.74) is 13.5. The number of nitrogens with two attached hydrogens (primary N) is 2. The van der Waals surface area contributed by atoms with E-state index in [2.05, 4.69) is 0 Å². The Balaban J connectivity index is 2.17. The van der Waals surface area contributed by atoms with Gasteiger partial charge in [-0.05, 0) is 42.0 Å². The molecule has 4 aromatic rings. The fourth-order valence-corrected chi connectivity index (χ4v) is 4.07. The van der Waals surface area contributed by atoms with Gasteiger partial charge in [-0.15, -0.1) is 0 Å². The molecule has 4 N–H and O–H groups in total. The van der Waals surface area contributed by atoms with Gasteiger partial charge in [0.05, 0.1) is 16.4 Å². The monoisotopic (exact) mass is 472 g/mol. The molecular weight excluding hydrogens is 459 g/mol. The summed E-state index contributed by atoms with van der Waals surface area (Å²) < 4.78 is 1.24. The number of hydrogen-bond acceptors (Lipinski definition) is 4. The number of carbonyl (C=O) groups is 1. The Hall–Kier alpha value is -3.06. The number of nitrogen functional groups attached to an aromatic ring is 1. The molecule has 0 spiro atoms. The quantitative estimate of drug-likeness (QED) is 0.441. The number of primary amides is 1. The summed E-state index contributed by atoms with van der Waals surface area (Å²) in [4.78, 5) is 29.3. The average molecular weight is 474 g/mol. The van der Waals surface area contributed by atoms with E-state index in [4.69, 9.17) is 51.3 Å². The predicted octanol–water partition coefficient (Wildman–Crippen LogP) is 4.91. The molecule has 9 heteroatoms. The molecule has 0 atom stereocenters. The van der Waals surface area contributed by atoms with Gasteiger partial charge in [-0.2, -0.15) is 0 Å². The largest absolute Gasteiger partial charge is 0.397 e. The van der Waals surface area contributed by atoms with Gasteiger partial charge < -0.3 is 11.5 Å². The van der Waals surface area contributed by atoms with Gasteiger partial charge in [0.15, 0.2) is 0 Å². The van der Waals surface area contributed by atoms with Crippen molar-refractivity contribution in [3.63, 3.8) is 0 Å². The molecule has 2 aromatic carbocycles. The molecule has 0 unspecified atom stereocenters. The zero-order valence-electron chi connectivity index (χ0n) is 16.1. The summed E-state index contributed by atoms with van der Waals surface area (Å²) in [6, 6.07) is 14.0. The van der Waals surface area contributed by atoms with E-state index >= 15 is 0 Å². The number of anilines is 1. The number of carbonyl (C=O) groups excluding carboxylic acids is 1. The van der Waals surface area contributed by atoms with E-state index in [1.54, 1.807) is 36.4 Å². The minimum absolute atomic E-state index is 0.0259. The van der Waals surface area contributed by atoms with Crippen LogP contribution in [0.4, 0.5) is 5.69 Å². The molecule has 0 saturated carbocycles. The van der Waals surface area contributed by atoms with Crippen LogP contribution in [0.1, 0.15) is 10.4 Å². The number of pyridine rings is 2. The van der Waals surface area contributed by atoms with Crippen molar-refractivity contribution in [3.8, 4) is 22.4 Å². The molecule has 0 aliphatic rings. The number of hydrogen-bond donors (Lipinski definition) is 2. The van der Waals surface area contributed by atoms with Crippen LogP contribution in [0.3, 0.4) is 0 Å². The lowest BCUT2D eigenvalue weighted by Gasteiger charge is -2.16. The van der Waals surface area contributed by atoms with Crippen LogP contribution in [0.2, 0.25) is 15.1 Å². The second kappa shape index (κ2) is 7.89. The Labute approximate surface area is 192 Å². The van der Waals surface area contributed by atoms with E-state index in [0.717, 1.165) is 5.56 Å². The van der Waals surface area contributed by atoms with Crippen LogP contribution in [0, 0.1) is 0 Å². The molecule has 4 rings (SSSR count). The zero-order chi connectivity index (χ0) is 22.4. The first-order valence-corrected chi connectivity index (χ1v) is 10.2. The maximum absolute atomic E-state index is 12.7. The van der Waals surface area contributed by atoms with E-state index in [-0.39, 0.29) is 16.9 Å². The Kier molecular flexibility index (Phi) is 5.39. The molecule has 0 aliphatic heterocycles. The highest BCUT2D eigenvalue weighted by Gasteiger charge is 2.22. The first kappa shape index (κ1) is 21.2. The number of aryl methyl sites for hydroxylation is 1. The van der Waals surface area contributed by atoms with Crippen LogP contribution in [-0.2, 0) is 7.05 Å². The van der Waals surface area contributed by atoms with E-state index in [1.165, 1.54) is 11.6 Å². The molecule has 2 aromatic heterocycles. The molecule has 0 radical (unpaired) electrons. The van der Waals surface area contributed by atoms with Crippen LogP contribution in [0.25, 0.3) is 33.4 Å². The first-order chi connectivity index (χ1) is 14.7. The van der Waals surface area contributed by atoms with E-state index < -0.39 is 11.5 Å². The highest BCUT2D eigenvalue weighted by molar-refractivity contribution is 6.36. The SMILES string of the molecule is Cn1c(=O)c(C(N)=O)c(N)c2cc(-c3ccc(Cl)cc3)c(-c3ccc(Cl)cc3Cl)nc21. The van der Waals surface area contributed by atoms with Crippen LogP contribution in [-0.4, -0.2) is 15.5 Å². The summed E-state index contributed by atoms with van der Waals surface area (Å²) in [7, 11) is 1.50. The molecule has 0 fully saturated rings. The molecular formula is C22H15Cl3N4O2. The summed E-state index contributed by atoms with van der Waals surface area (Å²) in [6.45, 7) is 0. The van der Waals surface area contributed by atoms with Crippen molar-refractivity contribution in [2.24, 2.45) is 12.8 Å². The second-order valence-electron chi connectivity index (χ2n) is 6.90. The summed E-state index contributed by atoms with van der Waals surface area (Å²) >= 11 is 18.6. The average Bonchev–Trinajstić information content (AvgIpc) is 2.72. The van der Waals surface area contributed by atoms with Gasteiger partial charge in [0.1, 0.15) is 11.2 Å². The van der Waals surface area contributed by atoms with Crippen LogP contribution in [0.5, 0.6) is 0 Å². The first-order valence-electron chi connectivity index (χ1n) is 9.03. The minimum atomic E-state index is -0.905. The Morgan fingerprint density at radius 2 is 1.61 bits per heavy atom. The van der Waals surface area contributed by atoms with Gasteiger partial charge in [0.2, 0.25) is 0 Å². The molecule has 6 nitrogen and oxygen atoms in total. The molecule has 31 heavy (non-hydrogen) atoms. The maximum Gasteiger partial charge on any atom is 0.266 e. The summed E-state index contributed by atoms with van der Waals surface area (Å²) in [5, 5.41) is 1.85. The zero-order valence-corrected chi connectivity index (χ0v) is 18.4. The van der Waals surface area contributed by atoms with Gasteiger partial charge in [-0.1, -0.05) is 46.9 Å². The van der Waals surface area contributed by atoms with E-state index in [1.807, 2.05) is 12.1 Å². The number of fused-ring (bicyclic) bond motifs is 1. The van der Waals surface area contributed by atoms with Crippen molar-refractivity contribution < 1.29 is 4.79 Å². The lowest BCUT2D eigenvalue weighted by atomic mass is 9.97. The highest BCUT2D eigenvalue weighted by Crippen LogP contribution is 2.39. The smallest absolute Gasteiger partial charge is 0.266 e. The number of halogens is 3. The number of rotatable bonds is 3. The normalized spacial score (nSPS) is 11.1. The van der Waals surface area contributed by atoms with Gasteiger partial charge >= 0.3 is 0 Å². The molecule has 0 bridgehead atoms. The second-order valence-corrected chi connectivity index (χ2v) is 8.18. The number of nitrogens with zero attached hydrogens (tertiary/aromatic N) is 2. The van der Waals surface area contributed by atoms with E-state index in [0.29, 0.717) is 37.3 Å². The Bertz CT molecular complexity index is 1430. The third kappa shape index (κ3) is 3.63. The molecule has 0 saturated heterocycles. The van der Waals surface area contributed by atoms with Crippen LogP contribution >= 0.6 is 34.8 Å². The maximum atomic E-state index is 12.7. The standard InChI is InChI=1S/C22H15Cl3N4O2/c1-29-21-15(18(26)17(20(27)30)22(29)31)9-14(10-2-4-11(23)5-3-10)19(28-21)13-7-6-12(24)8-16(13)25/h2-9H,26H2,1H3,(H2,27,30). The fourth-order valence-electron chi connectivity index (χ4n) is 3.45. The summed E-state index contributed by atoms with van der Waals surface area (Å²) in [5.74, 6) is -0.905. The predicted molar refractivity (Wildman–Crippen MR) is 126 cm³/mol. The van der Waals surface area contributed by atoms with Gasteiger partial charge in [0.25, 0.3) is 11.5 Å². The molecule has 1 amide bonds. The topological polar surface area (TPSA) is 104 Å². The number of benzene rings is 2. The fraction of sp³-hybridized carbons (Fsp3) is 0.0455. The number of aromatic nitrogens is 2. The van der Waals surface area contributed by atoms with Gasteiger partial charge in [0, 0.05) is 33.6 Å². The lowest BCUT2D eigenvalue weighted by Crippen LogP contribution is -2.30. The lowest BCUT2D eigenvalue weighted by molar-refractivity contribution is 0.0999. The highest BCUT2D eigenvalue weighted by atomic mass is 35.5.